The summed E-state index contributed by atoms with van der Waals surface area (Å²) in [5.41, 5.74) is 6.99. The van der Waals surface area contributed by atoms with E-state index >= 15 is 0 Å². The number of nitrogens with one attached hydrogen (secondary N) is 1. The molecule has 20 heavy (non-hydrogen) atoms. The van der Waals surface area contributed by atoms with E-state index in [-0.39, 0.29) is 24.6 Å². The summed E-state index contributed by atoms with van der Waals surface area (Å²) < 4.78 is 5.61. The zero-order chi connectivity index (χ0) is 15.1. The molecule has 0 aliphatic rings. The van der Waals surface area contributed by atoms with Crippen LogP contribution in [0.3, 0.4) is 0 Å². The summed E-state index contributed by atoms with van der Waals surface area (Å²) >= 11 is 0. The number of para-hydroxylation sites is 1. The van der Waals surface area contributed by atoms with Crippen LogP contribution >= 0.6 is 0 Å². The van der Waals surface area contributed by atoms with E-state index in [0.29, 0.717) is 11.7 Å². The predicted molar refractivity (Wildman–Crippen MR) is 81.6 cm³/mol. The molecule has 0 aliphatic heterocycles. The third-order valence-corrected chi connectivity index (χ3v) is 3.51. The Morgan fingerprint density at radius 1 is 1.30 bits per heavy atom. The molecule has 4 nitrogen and oxygen atoms in total. The van der Waals surface area contributed by atoms with E-state index in [1.165, 1.54) is 0 Å². The molecule has 1 aromatic carbocycles. The molecule has 112 valence electrons. The van der Waals surface area contributed by atoms with Crippen molar-refractivity contribution in [2.24, 2.45) is 11.7 Å². The first kappa shape index (κ1) is 16.5. The Morgan fingerprint density at radius 3 is 2.55 bits per heavy atom. The Labute approximate surface area is 121 Å². The Hall–Kier alpha value is -1.55. The van der Waals surface area contributed by atoms with Gasteiger partial charge in [0, 0.05) is 17.6 Å². The summed E-state index contributed by atoms with van der Waals surface area (Å²) in [5.74, 6) is 0.986. The molecular weight excluding hydrogens is 252 g/mol. The van der Waals surface area contributed by atoms with Crippen molar-refractivity contribution in [2.75, 3.05) is 6.61 Å². The molecule has 0 spiro atoms. The first-order valence-electron chi connectivity index (χ1n) is 7.22. The highest BCUT2D eigenvalue weighted by Crippen LogP contribution is 2.25. The number of hydrogen-bond acceptors (Lipinski definition) is 3. The van der Waals surface area contributed by atoms with Gasteiger partial charge in [0.1, 0.15) is 5.75 Å². The van der Waals surface area contributed by atoms with Crippen molar-refractivity contribution in [1.82, 2.24) is 5.32 Å². The monoisotopic (exact) mass is 278 g/mol. The number of nitrogens with two attached hydrogens (primary N) is 1. The van der Waals surface area contributed by atoms with E-state index in [4.69, 9.17) is 10.5 Å². The van der Waals surface area contributed by atoms with Crippen LogP contribution in [0.2, 0.25) is 0 Å². The van der Waals surface area contributed by atoms with Crippen molar-refractivity contribution >= 4 is 5.91 Å². The maximum Gasteiger partial charge on any atom is 0.258 e. The zero-order valence-corrected chi connectivity index (χ0v) is 12.8. The van der Waals surface area contributed by atoms with Crippen molar-refractivity contribution in [2.45, 2.75) is 46.2 Å². The van der Waals surface area contributed by atoms with Crippen LogP contribution in [0.25, 0.3) is 0 Å². The molecule has 0 heterocycles. The van der Waals surface area contributed by atoms with E-state index < -0.39 is 0 Å². The van der Waals surface area contributed by atoms with Crippen LogP contribution in [-0.4, -0.2) is 18.6 Å². The maximum absolute atomic E-state index is 11.8. The third-order valence-electron chi connectivity index (χ3n) is 3.51. The summed E-state index contributed by atoms with van der Waals surface area (Å²) in [7, 11) is 0. The molecule has 3 N–H and O–H groups in total. The number of amides is 1. The van der Waals surface area contributed by atoms with E-state index in [1.54, 1.807) is 0 Å². The molecule has 1 unspecified atom stereocenters. The molecule has 1 amide bonds. The largest absolute Gasteiger partial charge is 0.483 e. The van der Waals surface area contributed by atoms with Gasteiger partial charge >= 0.3 is 0 Å². The second-order valence-corrected chi connectivity index (χ2v) is 5.44. The lowest BCUT2D eigenvalue weighted by atomic mass is 10.0. The normalized spacial score (nSPS) is 13.9. The number of ether oxygens (including phenoxy) is 1. The van der Waals surface area contributed by atoms with Crippen LogP contribution in [0, 0.1) is 5.92 Å². The molecule has 0 aliphatic carbocycles. The van der Waals surface area contributed by atoms with E-state index in [9.17, 15) is 4.79 Å². The summed E-state index contributed by atoms with van der Waals surface area (Å²) in [4.78, 5) is 11.8. The number of rotatable bonds is 7. The minimum Gasteiger partial charge on any atom is -0.483 e. The average Bonchev–Trinajstić information content (AvgIpc) is 2.44. The molecular formula is C16H26N2O2. The van der Waals surface area contributed by atoms with Crippen LogP contribution < -0.4 is 15.8 Å². The van der Waals surface area contributed by atoms with Gasteiger partial charge in [-0.15, -0.1) is 0 Å². The SMILES string of the molecule is CC[C@H](N)c1ccccc1OCC(=O)NC(C)C(C)C. The third kappa shape index (κ3) is 4.85. The van der Waals surface area contributed by atoms with Crippen LogP contribution in [0.5, 0.6) is 5.75 Å². The van der Waals surface area contributed by atoms with Crippen LogP contribution in [0.1, 0.15) is 45.7 Å². The van der Waals surface area contributed by atoms with Gasteiger partial charge in [0.15, 0.2) is 6.61 Å². The van der Waals surface area contributed by atoms with Crippen molar-refractivity contribution < 1.29 is 9.53 Å². The molecule has 0 aromatic heterocycles. The van der Waals surface area contributed by atoms with Crippen LogP contribution in [0.4, 0.5) is 0 Å². The molecule has 1 rings (SSSR count). The lowest BCUT2D eigenvalue weighted by Crippen LogP contribution is -2.39. The topological polar surface area (TPSA) is 64.3 Å². The van der Waals surface area contributed by atoms with E-state index in [1.807, 2.05) is 38.1 Å². The molecule has 0 saturated heterocycles. The standard InChI is InChI=1S/C16H26N2O2/c1-5-14(17)13-8-6-7-9-15(13)20-10-16(19)18-12(4)11(2)3/h6-9,11-12,14H,5,10,17H2,1-4H3,(H,18,19)/t12?,14-/m0/s1. The number of benzene rings is 1. The van der Waals surface area contributed by atoms with Gasteiger partial charge in [-0.2, -0.15) is 0 Å². The van der Waals surface area contributed by atoms with Gasteiger partial charge in [0.25, 0.3) is 5.91 Å². The first-order chi connectivity index (χ1) is 9.45. The fraction of sp³-hybridized carbons (Fsp3) is 0.562. The molecule has 0 saturated carbocycles. The maximum atomic E-state index is 11.8. The number of carbonyl (C=O) groups excluding carboxylic acids is 1. The number of carbonyl (C=O) groups is 1. The molecule has 2 atom stereocenters. The van der Waals surface area contributed by atoms with Gasteiger partial charge in [-0.3, -0.25) is 4.79 Å². The lowest BCUT2D eigenvalue weighted by Gasteiger charge is -2.19. The van der Waals surface area contributed by atoms with Gasteiger partial charge in [-0.25, -0.2) is 0 Å². The molecule has 0 fully saturated rings. The summed E-state index contributed by atoms with van der Waals surface area (Å²) in [6.07, 6.45) is 0.830. The summed E-state index contributed by atoms with van der Waals surface area (Å²) in [5, 5.41) is 2.92. The summed E-state index contributed by atoms with van der Waals surface area (Å²) in [6.45, 7) is 8.18. The van der Waals surface area contributed by atoms with E-state index in [2.05, 4.69) is 19.2 Å². The smallest absolute Gasteiger partial charge is 0.258 e. The van der Waals surface area contributed by atoms with Gasteiger partial charge in [-0.1, -0.05) is 39.0 Å². The fourth-order valence-corrected chi connectivity index (χ4v) is 1.74. The highest BCUT2D eigenvalue weighted by Gasteiger charge is 2.13. The van der Waals surface area contributed by atoms with E-state index in [0.717, 1.165) is 12.0 Å². The van der Waals surface area contributed by atoms with Gasteiger partial charge in [-0.05, 0) is 25.3 Å². The highest BCUT2D eigenvalue weighted by molar-refractivity contribution is 5.77. The quantitative estimate of drug-likeness (QED) is 0.806. The predicted octanol–water partition coefficient (Wildman–Crippen LogP) is 2.64. The first-order valence-corrected chi connectivity index (χ1v) is 7.22. The Balaban J connectivity index is 2.59. The van der Waals surface area contributed by atoms with Gasteiger partial charge in [0.2, 0.25) is 0 Å². The summed E-state index contributed by atoms with van der Waals surface area (Å²) in [6, 6.07) is 7.68. The van der Waals surface area contributed by atoms with Crippen LogP contribution in [0.15, 0.2) is 24.3 Å². The van der Waals surface area contributed by atoms with Crippen molar-refractivity contribution in [3.05, 3.63) is 29.8 Å². The second-order valence-electron chi connectivity index (χ2n) is 5.44. The molecule has 4 heteroatoms. The van der Waals surface area contributed by atoms with Gasteiger partial charge in [0.05, 0.1) is 0 Å². The Kier molecular flexibility index (Phi) is 6.52. The van der Waals surface area contributed by atoms with Gasteiger partial charge < -0.3 is 15.8 Å². The number of hydrogen-bond donors (Lipinski definition) is 2. The molecule has 0 radical (unpaired) electrons. The lowest BCUT2D eigenvalue weighted by molar-refractivity contribution is -0.124. The highest BCUT2D eigenvalue weighted by atomic mass is 16.5. The minimum absolute atomic E-state index is 0.0184. The Morgan fingerprint density at radius 2 is 1.95 bits per heavy atom. The second kappa shape index (κ2) is 7.90. The van der Waals surface area contributed by atoms with Crippen molar-refractivity contribution in [1.29, 1.82) is 0 Å². The van der Waals surface area contributed by atoms with Crippen LogP contribution in [-0.2, 0) is 4.79 Å². The average molecular weight is 278 g/mol. The minimum atomic E-state index is -0.105. The Bertz CT molecular complexity index is 432. The zero-order valence-electron chi connectivity index (χ0n) is 12.8. The van der Waals surface area contributed by atoms with Crippen molar-refractivity contribution in [3.8, 4) is 5.75 Å². The molecule has 1 aromatic rings. The molecule has 0 bridgehead atoms. The van der Waals surface area contributed by atoms with Crippen molar-refractivity contribution in [3.63, 3.8) is 0 Å². The fourth-order valence-electron chi connectivity index (χ4n) is 1.74.